The molecule has 1 fully saturated rings. The van der Waals surface area contributed by atoms with Crippen LogP contribution in [0, 0.1) is 0 Å². The Morgan fingerprint density at radius 1 is 0.760 bits per heavy atom. The summed E-state index contributed by atoms with van der Waals surface area (Å²) in [5.41, 5.74) is 2.12. The molecule has 2 aromatic carbocycles. The quantitative estimate of drug-likeness (QED) is 0.752. The van der Waals surface area contributed by atoms with Crippen molar-refractivity contribution in [2.45, 2.75) is 38.0 Å². The number of hydrogen-bond donors (Lipinski definition) is 3. The molecule has 0 aromatic heterocycles. The van der Waals surface area contributed by atoms with Crippen LogP contribution in [0.4, 0.5) is 0 Å². The smallest absolute Gasteiger partial charge is 0.237 e. The molecule has 25 heavy (non-hydrogen) atoms. The molecule has 5 heteroatoms. The van der Waals surface area contributed by atoms with Gasteiger partial charge in [-0.05, 0) is 24.0 Å². The van der Waals surface area contributed by atoms with E-state index < -0.39 is 0 Å². The molecule has 1 aliphatic rings. The highest BCUT2D eigenvalue weighted by molar-refractivity contribution is 5.86. The monoisotopic (exact) mass is 337 g/mol. The molecule has 2 aromatic rings. The van der Waals surface area contributed by atoms with Crippen molar-refractivity contribution in [2.24, 2.45) is 0 Å². The van der Waals surface area contributed by atoms with Gasteiger partial charge < -0.3 is 10.6 Å². The highest BCUT2D eigenvalue weighted by atomic mass is 16.2. The molecule has 0 spiro atoms. The summed E-state index contributed by atoms with van der Waals surface area (Å²) in [4.78, 5) is 24.5. The Morgan fingerprint density at radius 2 is 1.16 bits per heavy atom. The van der Waals surface area contributed by atoms with Crippen LogP contribution in [-0.2, 0) is 22.7 Å². The minimum Gasteiger partial charge on any atom is -0.351 e. The molecule has 1 heterocycles. The van der Waals surface area contributed by atoms with Crippen LogP contribution in [0.5, 0.6) is 0 Å². The third-order valence-corrected chi connectivity index (χ3v) is 4.40. The molecule has 0 radical (unpaired) electrons. The molecular formula is C20H23N3O2. The maximum absolute atomic E-state index is 12.3. The van der Waals surface area contributed by atoms with E-state index >= 15 is 0 Å². The van der Waals surface area contributed by atoms with Crippen LogP contribution in [0.3, 0.4) is 0 Å². The van der Waals surface area contributed by atoms with Gasteiger partial charge in [0.2, 0.25) is 11.8 Å². The van der Waals surface area contributed by atoms with Gasteiger partial charge in [0.15, 0.2) is 0 Å². The fraction of sp³-hybridized carbons (Fsp3) is 0.300. The van der Waals surface area contributed by atoms with E-state index in [1.807, 2.05) is 60.7 Å². The lowest BCUT2D eigenvalue weighted by Crippen LogP contribution is -2.47. The summed E-state index contributed by atoms with van der Waals surface area (Å²) in [5, 5.41) is 8.99. The zero-order valence-corrected chi connectivity index (χ0v) is 14.1. The summed E-state index contributed by atoms with van der Waals surface area (Å²) in [7, 11) is 0. The first-order valence-electron chi connectivity index (χ1n) is 8.62. The summed E-state index contributed by atoms with van der Waals surface area (Å²) in [5.74, 6) is -0.107. The second-order valence-electron chi connectivity index (χ2n) is 6.26. The summed E-state index contributed by atoms with van der Waals surface area (Å²) in [6.07, 6.45) is 1.34. The second kappa shape index (κ2) is 8.44. The number of benzene rings is 2. The van der Waals surface area contributed by atoms with Gasteiger partial charge in [-0.25, -0.2) is 0 Å². The highest BCUT2D eigenvalue weighted by Crippen LogP contribution is 2.13. The van der Waals surface area contributed by atoms with Gasteiger partial charge in [-0.3, -0.25) is 14.9 Å². The molecule has 1 saturated heterocycles. The number of carbonyl (C=O) groups is 2. The minimum absolute atomic E-state index is 0.0535. The number of nitrogens with one attached hydrogen (secondary N) is 3. The number of carbonyl (C=O) groups excluding carboxylic acids is 2. The Labute approximate surface area is 147 Å². The van der Waals surface area contributed by atoms with Crippen molar-refractivity contribution in [3.63, 3.8) is 0 Å². The van der Waals surface area contributed by atoms with Crippen molar-refractivity contribution in [3.8, 4) is 0 Å². The van der Waals surface area contributed by atoms with Gasteiger partial charge in [0.1, 0.15) is 0 Å². The molecule has 0 aliphatic carbocycles. The van der Waals surface area contributed by atoms with E-state index in [1.54, 1.807) is 0 Å². The average Bonchev–Trinajstić information content (AvgIpc) is 3.16. The van der Waals surface area contributed by atoms with E-state index in [0.717, 1.165) is 11.1 Å². The third kappa shape index (κ3) is 4.90. The van der Waals surface area contributed by atoms with Crippen molar-refractivity contribution in [1.29, 1.82) is 0 Å². The fourth-order valence-corrected chi connectivity index (χ4v) is 2.97. The van der Waals surface area contributed by atoms with Gasteiger partial charge in [0.05, 0.1) is 12.1 Å². The lowest BCUT2D eigenvalue weighted by atomic mass is 10.1. The lowest BCUT2D eigenvalue weighted by Gasteiger charge is -2.15. The molecule has 130 valence electrons. The van der Waals surface area contributed by atoms with Gasteiger partial charge >= 0.3 is 0 Å². The summed E-state index contributed by atoms with van der Waals surface area (Å²) in [6.45, 7) is 1.01. The fourth-order valence-electron chi connectivity index (χ4n) is 2.97. The maximum Gasteiger partial charge on any atom is 0.237 e. The van der Waals surface area contributed by atoms with Crippen LogP contribution in [0.1, 0.15) is 24.0 Å². The number of amides is 2. The SMILES string of the molecule is O=C(NCc1ccccc1)C1CCC(C(=O)NCc2ccccc2)N1. The highest BCUT2D eigenvalue weighted by Gasteiger charge is 2.32. The van der Waals surface area contributed by atoms with Crippen molar-refractivity contribution < 1.29 is 9.59 Å². The Morgan fingerprint density at radius 3 is 1.56 bits per heavy atom. The van der Waals surface area contributed by atoms with E-state index in [2.05, 4.69) is 16.0 Å². The second-order valence-corrected chi connectivity index (χ2v) is 6.26. The zero-order chi connectivity index (χ0) is 17.5. The van der Waals surface area contributed by atoms with E-state index in [9.17, 15) is 9.59 Å². The van der Waals surface area contributed by atoms with E-state index in [-0.39, 0.29) is 23.9 Å². The molecule has 5 nitrogen and oxygen atoms in total. The standard InChI is InChI=1S/C20H23N3O2/c24-19(21-13-15-7-3-1-4-8-15)17-11-12-18(23-17)20(25)22-14-16-9-5-2-6-10-16/h1-10,17-18,23H,11-14H2,(H,21,24)(H,22,25). The molecule has 2 amide bonds. The number of rotatable bonds is 6. The van der Waals surface area contributed by atoms with Gasteiger partial charge in [-0.15, -0.1) is 0 Å². The topological polar surface area (TPSA) is 70.2 Å². The van der Waals surface area contributed by atoms with Crippen LogP contribution >= 0.6 is 0 Å². The molecule has 2 atom stereocenters. The molecule has 1 aliphatic heterocycles. The van der Waals surface area contributed by atoms with Crippen molar-refractivity contribution in [1.82, 2.24) is 16.0 Å². The van der Waals surface area contributed by atoms with Crippen LogP contribution in [-0.4, -0.2) is 23.9 Å². The van der Waals surface area contributed by atoms with Gasteiger partial charge in [-0.1, -0.05) is 60.7 Å². The largest absolute Gasteiger partial charge is 0.351 e. The van der Waals surface area contributed by atoms with Crippen molar-refractivity contribution in [2.75, 3.05) is 0 Å². The first-order chi connectivity index (χ1) is 12.2. The van der Waals surface area contributed by atoms with Crippen molar-refractivity contribution >= 4 is 11.8 Å². The van der Waals surface area contributed by atoms with Crippen LogP contribution in [0.15, 0.2) is 60.7 Å². The molecular weight excluding hydrogens is 314 g/mol. The zero-order valence-electron chi connectivity index (χ0n) is 14.1. The van der Waals surface area contributed by atoms with Gasteiger partial charge in [-0.2, -0.15) is 0 Å². The third-order valence-electron chi connectivity index (χ3n) is 4.40. The van der Waals surface area contributed by atoms with Crippen LogP contribution < -0.4 is 16.0 Å². The Bertz CT molecular complexity index is 642. The van der Waals surface area contributed by atoms with Gasteiger partial charge in [0.25, 0.3) is 0 Å². The Kier molecular flexibility index (Phi) is 5.80. The molecule has 0 bridgehead atoms. The van der Waals surface area contributed by atoms with E-state index in [1.165, 1.54) is 0 Å². The first-order valence-corrected chi connectivity index (χ1v) is 8.62. The van der Waals surface area contributed by atoms with Crippen molar-refractivity contribution in [3.05, 3.63) is 71.8 Å². The number of hydrogen-bond acceptors (Lipinski definition) is 3. The normalized spacial score (nSPS) is 19.4. The Balaban J connectivity index is 1.43. The molecule has 0 saturated carbocycles. The Hall–Kier alpha value is -2.66. The summed E-state index contributed by atoms with van der Waals surface area (Å²) < 4.78 is 0. The lowest BCUT2D eigenvalue weighted by molar-refractivity contribution is -0.124. The van der Waals surface area contributed by atoms with Gasteiger partial charge in [0, 0.05) is 13.1 Å². The molecule has 2 unspecified atom stereocenters. The van der Waals surface area contributed by atoms with E-state index in [0.29, 0.717) is 25.9 Å². The first kappa shape index (κ1) is 17.2. The predicted octanol–water partition coefficient (Wildman–Crippen LogP) is 1.74. The minimum atomic E-state index is -0.309. The molecule has 3 rings (SSSR count). The maximum atomic E-state index is 12.3. The van der Waals surface area contributed by atoms with Crippen LogP contribution in [0.2, 0.25) is 0 Å². The van der Waals surface area contributed by atoms with Crippen LogP contribution in [0.25, 0.3) is 0 Å². The molecule has 3 N–H and O–H groups in total. The summed E-state index contributed by atoms with van der Waals surface area (Å²) in [6, 6.07) is 19.0. The average molecular weight is 337 g/mol. The predicted molar refractivity (Wildman–Crippen MR) is 96.5 cm³/mol. The van der Waals surface area contributed by atoms with E-state index in [4.69, 9.17) is 0 Å². The summed E-state index contributed by atoms with van der Waals surface area (Å²) >= 11 is 0.